The molecule has 1 N–H and O–H groups in total. The number of aliphatic carboxylic acids is 1. The molecule has 0 bridgehead atoms. The maximum atomic E-state index is 11.8. The van der Waals surface area contributed by atoms with Crippen molar-refractivity contribution in [3.8, 4) is 5.69 Å². The fourth-order valence-electron chi connectivity index (χ4n) is 3.17. The van der Waals surface area contributed by atoms with Crippen molar-refractivity contribution in [1.29, 1.82) is 0 Å². The second-order valence-corrected chi connectivity index (χ2v) is 7.35. The molecule has 2 aromatic carbocycles. The molecule has 140 valence electrons. The van der Waals surface area contributed by atoms with Crippen molar-refractivity contribution >= 4 is 34.9 Å². The number of nitrogens with zero attached hydrogens (tertiary/aromatic N) is 2. The first-order valence-electron chi connectivity index (χ1n) is 8.75. The van der Waals surface area contributed by atoms with Crippen LogP contribution in [0.5, 0.6) is 0 Å². The Morgan fingerprint density at radius 1 is 1.11 bits per heavy atom. The molecule has 0 radical (unpaired) electrons. The van der Waals surface area contributed by atoms with E-state index in [-0.39, 0.29) is 4.91 Å². The molecule has 0 aliphatic heterocycles. The summed E-state index contributed by atoms with van der Waals surface area (Å²) in [6.45, 7) is 3.99. The minimum atomic E-state index is -1.02. The molecule has 0 unspecified atom stereocenters. The van der Waals surface area contributed by atoms with Crippen LogP contribution < -0.4 is 0 Å². The number of oxazole rings is 1. The Balaban J connectivity index is 1.71. The molecule has 28 heavy (non-hydrogen) atoms. The van der Waals surface area contributed by atoms with Crippen LogP contribution in [-0.2, 0) is 4.79 Å². The highest BCUT2D eigenvalue weighted by molar-refractivity contribution is 8.03. The van der Waals surface area contributed by atoms with Crippen LogP contribution in [-0.4, -0.2) is 20.6 Å². The zero-order valence-electron chi connectivity index (χ0n) is 15.4. The van der Waals surface area contributed by atoms with Crippen molar-refractivity contribution in [2.75, 3.05) is 0 Å². The summed E-state index contributed by atoms with van der Waals surface area (Å²) in [6.07, 6.45) is 1.67. The summed E-state index contributed by atoms with van der Waals surface area (Å²) in [4.78, 5) is 16.3. The van der Waals surface area contributed by atoms with Gasteiger partial charge in [-0.25, -0.2) is 9.78 Å². The van der Waals surface area contributed by atoms with Crippen molar-refractivity contribution in [3.05, 3.63) is 82.5 Å². The van der Waals surface area contributed by atoms with E-state index in [2.05, 4.69) is 9.55 Å². The topological polar surface area (TPSA) is 68.3 Å². The Labute approximate surface area is 166 Å². The summed E-state index contributed by atoms with van der Waals surface area (Å²) in [5, 5.41) is 10.0. The monoisotopic (exact) mass is 390 g/mol. The molecule has 0 aliphatic carbocycles. The smallest absolute Gasteiger partial charge is 0.342 e. The molecule has 5 nitrogen and oxygen atoms in total. The number of hydrogen-bond acceptors (Lipinski definition) is 4. The van der Waals surface area contributed by atoms with E-state index >= 15 is 0 Å². The Morgan fingerprint density at radius 3 is 2.54 bits per heavy atom. The highest BCUT2D eigenvalue weighted by atomic mass is 32.2. The van der Waals surface area contributed by atoms with Crippen molar-refractivity contribution in [3.63, 3.8) is 0 Å². The average molecular weight is 390 g/mol. The van der Waals surface area contributed by atoms with Gasteiger partial charge in [-0.05, 0) is 67.6 Å². The van der Waals surface area contributed by atoms with Crippen LogP contribution in [0.15, 0.2) is 75.2 Å². The van der Waals surface area contributed by atoms with Crippen LogP contribution in [0.1, 0.15) is 17.0 Å². The molecule has 2 heterocycles. The zero-order chi connectivity index (χ0) is 19.7. The van der Waals surface area contributed by atoms with Gasteiger partial charge in [0, 0.05) is 17.1 Å². The van der Waals surface area contributed by atoms with Crippen LogP contribution in [0, 0.1) is 13.8 Å². The van der Waals surface area contributed by atoms with E-state index in [0.717, 1.165) is 34.4 Å². The van der Waals surface area contributed by atoms with E-state index < -0.39 is 5.97 Å². The number of fused-ring (bicyclic) bond motifs is 1. The van der Waals surface area contributed by atoms with Gasteiger partial charge in [-0.2, -0.15) is 0 Å². The number of rotatable bonds is 5. The quantitative estimate of drug-likeness (QED) is 0.362. The summed E-state index contributed by atoms with van der Waals surface area (Å²) in [7, 11) is 0. The molecule has 0 spiro atoms. The lowest BCUT2D eigenvalue weighted by Gasteiger charge is -2.09. The number of benzene rings is 2. The van der Waals surface area contributed by atoms with Crippen LogP contribution in [0.2, 0.25) is 0 Å². The highest BCUT2D eigenvalue weighted by Gasteiger charge is 2.17. The van der Waals surface area contributed by atoms with Crippen LogP contribution in [0.3, 0.4) is 0 Å². The molecule has 0 aliphatic rings. The van der Waals surface area contributed by atoms with Gasteiger partial charge < -0.3 is 14.1 Å². The first-order valence-corrected chi connectivity index (χ1v) is 9.57. The third-order valence-electron chi connectivity index (χ3n) is 4.45. The molecule has 0 saturated heterocycles. The minimum Gasteiger partial charge on any atom is -0.477 e. The van der Waals surface area contributed by atoms with Gasteiger partial charge in [-0.3, -0.25) is 0 Å². The largest absolute Gasteiger partial charge is 0.477 e. The first-order chi connectivity index (χ1) is 13.5. The SMILES string of the molecule is Cc1cc(/C=C(\Sc2nc3ccccc3o2)C(=O)O)c(C)n1-c1ccccc1. The van der Waals surface area contributed by atoms with Crippen molar-refractivity contribution in [2.24, 2.45) is 0 Å². The summed E-state index contributed by atoms with van der Waals surface area (Å²) < 4.78 is 7.76. The molecule has 0 saturated carbocycles. The Kier molecular flexibility index (Phi) is 4.79. The number of aromatic nitrogens is 2. The molecule has 0 fully saturated rings. The first kappa shape index (κ1) is 18.1. The van der Waals surface area contributed by atoms with E-state index in [1.54, 1.807) is 6.08 Å². The van der Waals surface area contributed by atoms with Crippen LogP contribution >= 0.6 is 11.8 Å². The molecule has 0 amide bonds. The molecule has 6 heteroatoms. The molecular weight excluding hydrogens is 372 g/mol. The van der Waals surface area contributed by atoms with E-state index in [1.165, 1.54) is 0 Å². The number of aryl methyl sites for hydroxylation is 1. The number of para-hydroxylation sites is 3. The van der Waals surface area contributed by atoms with Gasteiger partial charge in [0.1, 0.15) is 10.4 Å². The van der Waals surface area contributed by atoms with E-state index in [0.29, 0.717) is 16.3 Å². The lowest BCUT2D eigenvalue weighted by molar-refractivity contribution is -0.131. The van der Waals surface area contributed by atoms with Gasteiger partial charge >= 0.3 is 5.97 Å². The Morgan fingerprint density at radius 2 is 1.82 bits per heavy atom. The molecule has 0 atom stereocenters. The van der Waals surface area contributed by atoms with Crippen molar-refractivity contribution in [2.45, 2.75) is 19.1 Å². The third-order valence-corrected chi connectivity index (χ3v) is 5.32. The van der Waals surface area contributed by atoms with Gasteiger partial charge in [-0.15, -0.1) is 0 Å². The number of carboxylic acids is 1. The van der Waals surface area contributed by atoms with E-state index in [9.17, 15) is 9.90 Å². The standard InChI is InChI=1S/C22H18N2O3S/c1-14-12-16(15(2)24(14)17-8-4-3-5-9-17)13-20(21(25)26)28-22-23-18-10-6-7-11-19(18)27-22/h3-13H,1-2H3,(H,25,26)/b20-13-. The van der Waals surface area contributed by atoms with Crippen molar-refractivity contribution < 1.29 is 14.3 Å². The van der Waals surface area contributed by atoms with Gasteiger partial charge in [0.2, 0.25) is 0 Å². The summed E-state index contributed by atoms with van der Waals surface area (Å²) in [6, 6.07) is 19.3. The summed E-state index contributed by atoms with van der Waals surface area (Å²) >= 11 is 1.01. The normalized spacial score (nSPS) is 11.9. The fourth-order valence-corrected chi connectivity index (χ4v) is 3.91. The lowest BCUT2D eigenvalue weighted by Crippen LogP contribution is -1.99. The second-order valence-electron chi connectivity index (χ2n) is 6.36. The van der Waals surface area contributed by atoms with Gasteiger partial charge in [0.25, 0.3) is 5.22 Å². The minimum absolute atomic E-state index is 0.153. The number of carbonyl (C=O) groups is 1. The van der Waals surface area contributed by atoms with Gasteiger partial charge in [0.05, 0.1) is 0 Å². The van der Waals surface area contributed by atoms with Gasteiger partial charge in [0.15, 0.2) is 5.58 Å². The third kappa shape index (κ3) is 3.46. The summed E-state index contributed by atoms with van der Waals surface area (Å²) in [5.74, 6) is -1.02. The molecule has 2 aromatic heterocycles. The predicted octanol–water partition coefficient (Wildman–Crippen LogP) is 5.45. The number of hydrogen-bond donors (Lipinski definition) is 1. The highest BCUT2D eigenvalue weighted by Crippen LogP contribution is 2.32. The Bertz CT molecular complexity index is 1160. The number of thioether (sulfide) groups is 1. The predicted molar refractivity (Wildman–Crippen MR) is 111 cm³/mol. The maximum absolute atomic E-state index is 11.8. The average Bonchev–Trinajstić information content (AvgIpc) is 3.21. The number of carboxylic acid groups (broad SMARTS) is 1. The molecule has 4 aromatic rings. The van der Waals surface area contributed by atoms with E-state index in [4.69, 9.17) is 4.42 Å². The van der Waals surface area contributed by atoms with Crippen LogP contribution in [0.25, 0.3) is 22.9 Å². The fraction of sp³-hybridized carbons (Fsp3) is 0.0909. The molecular formula is C22H18N2O3S. The van der Waals surface area contributed by atoms with E-state index in [1.807, 2.05) is 74.5 Å². The molecule has 4 rings (SSSR count). The van der Waals surface area contributed by atoms with Crippen molar-refractivity contribution in [1.82, 2.24) is 9.55 Å². The summed E-state index contributed by atoms with van der Waals surface area (Å²) in [5.41, 5.74) is 5.24. The van der Waals surface area contributed by atoms with Crippen LogP contribution in [0.4, 0.5) is 0 Å². The van der Waals surface area contributed by atoms with Gasteiger partial charge in [-0.1, -0.05) is 30.3 Å². The lowest BCUT2D eigenvalue weighted by atomic mass is 10.2. The maximum Gasteiger partial charge on any atom is 0.342 e. The zero-order valence-corrected chi connectivity index (χ0v) is 16.2. The second kappa shape index (κ2) is 7.40. The Hall–Kier alpha value is -3.25.